The summed E-state index contributed by atoms with van der Waals surface area (Å²) in [4.78, 5) is 0. The van der Waals surface area contributed by atoms with Gasteiger partial charge in [0.1, 0.15) is 5.75 Å². The van der Waals surface area contributed by atoms with E-state index in [2.05, 4.69) is 34.6 Å². The van der Waals surface area contributed by atoms with Gasteiger partial charge in [0.15, 0.2) is 0 Å². The van der Waals surface area contributed by atoms with Crippen LogP contribution in [0.3, 0.4) is 0 Å². The van der Waals surface area contributed by atoms with Crippen molar-refractivity contribution in [2.75, 3.05) is 0 Å². The predicted molar refractivity (Wildman–Crippen MR) is 124 cm³/mol. The lowest BCUT2D eigenvalue weighted by Gasteiger charge is -2.50. The lowest BCUT2D eigenvalue weighted by Crippen LogP contribution is -2.49. The van der Waals surface area contributed by atoms with Gasteiger partial charge in [-0.25, -0.2) is 0 Å². The van der Waals surface area contributed by atoms with E-state index >= 15 is 0 Å². The van der Waals surface area contributed by atoms with Gasteiger partial charge in [-0.15, -0.1) is 0 Å². The first-order valence-electron chi connectivity index (χ1n) is 12.2. The van der Waals surface area contributed by atoms with E-state index in [-0.39, 0.29) is 17.4 Å². The number of hydrogen-bond donors (Lipinski definition) is 3. The fraction of sp³-hybridized carbons (Fsp3) is 0.778. The molecule has 3 nitrogen and oxygen atoms in total. The molecule has 2 aliphatic carbocycles. The highest BCUT2D eigenvalue weighted by molar-refractivity contribution is 5.34. The zero-order valence-electron chi connectivity index (χ0n) is 19.8. The highest BCUT2D eigenvalue weighted by Crippen LogP contribution is 2.61. The predicted octanol–water partition coefficient (Wildman–Crippen LogP) is 6.01. The lowest BCUT2D eigenvalue weighted by atomic mass is 9.56. The van der Waals surface area contributed by atoms with E-state index in [0.717, 1.165) is 51.4 Å². The Morgan fingerprint density at radius 3 is 2.63 bits per heavy atom. The second-order valence-corrected chi connectivity index (χ2v) is 11.3. The number of aryl methyl sites for hydroxylation is 2. The highest BCUT2D eigenvalue weighted by atomic mass is 16.3. The van der Waals surface area contributed by atoms with Crippen LogP contribution in [0.2, 0.25) is 0 Å². The van der Waals surface area contributed by atoms with Gasteiger partial charge in [-0.1, -0.05) is 39.7 Å². The highest BCUT2D eigenvalue weighted by Gasteiger charge is 2.57. The molecule has 3 N–H and O–H groups in total. The van der Waals surface area contributed by atoms with Crippen molar-refractivity contribution in [3.05, 3.63) is 29.3 Å². The molecule has 0 aromatic heterocycles. The van der Waals surface area contributed by atoms with Crippen molar-refractivity contribution in [2.24, 2.45) is 29.1 Å². The number of aromatic hydroxyl groups is 1. The molecule has 0 heterocycles. The van der Waals surface area contributed by atoms with Crippen LogP contribution in [0, 0.1) is 36.0 Å². The molecule has 1 aromatic carbocycles. The number of rotatable bonds is 8. The van der Waals surface area contributed by atoms with Crippen molar-refractivity contribution in [1.82, 2.24) is 0 Å². The Morgan fingerprint density at radius 2 is 1.93 bits per heavy atom. The summed E-state index contributed by atoms with van der Waals surface area (Å²) >= 11 is 0. The first-order valence-corrected chi connectivity index (χ1v) is 12.2. The Kier molecular flexibility index (Phi) is 7.24. The van der Waals surface area contributed by atoms with E-state index in [1.165, 1.54) is 17.5 Å². The van der Waals surface area contributed by atoms with Crippen LogP contribution >= 0.6 is 0 Å². The van der Waals surface area contributed by atoms with Crippen LogP contribution in [0.15, 0.2) is 18.2 Å². The standard InChI is InChI=1S/C27H44O3/c1-18(2)7-6-15-27(5,30)25-13-12-23-22(24(29)14-16-26(23,25)4)11-9-20-17-21(28)10-8-19(20)3/h8,10,17-18,22-25,28-30H,6-7,9,11-16H2,1-5H3/t22-,23-,24+,25-,26-,27-/m0/s1. The summed E-state index contributed by atoms with van der Waals surface area (Å²) in [6.07, 6.45) is 8.79. The molecule has 0 aliphatic heterocycles. The molecule has 1 aromatic rings. The smallest absolute Gasteiger partial charge is 0.115 e. The molecular weight excluding hydrogens is 372 g/mol. The van der Waals surface area contributed by atoms with Crippen LogP contribution in [0.25, 0.3) is 0 Å². The molecule has 0 radical (unpaired) electrons. The van der Waals surface area contributed by atoms with Gasteiger partial charge >= 0.3 is 0 Å². The van der Waals surface area contributed by atoms with Gasteiger partial charge < -0.3 is 15.3 Å². The number of aliphatic hydroxyl groups excluding tert-OH is 1. The minimum absolute atomic E-state index is 0.110. The molecule has 0 saturated heterocycles. The zero-order chi connectivity index (χ0) is 22.1. The number of phenols is 1. The molecule has 0 unspecified atom stereocenters. The maximum absolute atomic E-state index is 11.5. The number of benzene rings is 1. The van der Waals surface area contributed by atoms with Gasteiger partial charge in [-0.2, -0.15) is 0 Å². The number of phenolic OH excluding ortho intramolecular Hbond substituents is 1. The molecular formula is C27H44O3. The maximum Gasteiger partial charge on any atom is 0.115 e. The lowest BCUT2D eigenvalue weighted by molar-refractivity contribution is -0.104. The van der Waals surface area contributed by atoms with Crippen LogP contribution in [-0.2, 0) is 6.42 Å². The van der Waals surface area contributed by atoms with Crippen molar-refractivity contribution < 1.29 is 15.3 Å². The van der Waals surface area contributed by atoms with Crippen LogP contribution in [0.5, 0.6) is 5.75 Å². The number of fused-ring (bicyclic) bond motifs is 1. The van der Waals surface area contributed by atoms with Crippen LogP contribution in [0.1, 0.15) is 90.2 Å². The van der Waals surface area contributed by atoms with E-state index in [9.17, 15) is 15.3 Å². The number of hydrogen-bond acceptors (Lipinski definition) is 3. The van der Waals surface area contributed by atoms with Gasteiger partial charge in [-0.05, 0) is 111 Å². The Bertz CT molecular complexity index is 710. The molecule has 30 heavy (non-hydrogen) atoms. The summed E-state index contributed by atoms with van der Waals surface area (Å²) in [5, 5.41) is 32.2. The second kappa shape index (κ2) is 9.20. The van der Waals surface area contributed by atoms with E-state index < -0.39 is 5.60 Å². The molecule has 2 fully saturated rings. The van der Waals surface area contributed by atoms with Crippen molar-refractivity contribution in [3.63, 3.8) is 0 Å². The average molecular weight is 417 g/mol. The Hall–Kier alpha value is -1.06. The molecule has 170 valence electrons. The first-order chi connectivity index (χ1) is 14.0. The van der Waals surface area contributed by atoms with Gasteiger partial charge in [-0.3, -0.25) is 0 Å². The van der Waals surface area contributed by atoms with E-state index in [1.807, 2.05) is 12.1 Å². The first kappa shape index (κ1) is 23.6. The van der Waals surface area contributed by atoms with Crippen molar-refractivity contribution >= 4 is 0 Å². The Labute approximate surface area is 183 Å². The minimum Gasteiger partial charge on any atom is -0.508 e. The van der Waals surface area contributed by atoms with Crippen molar-refractivity contribution in [3.8, 4) is 5.75 Å². The SMILES string of the molecule is Cc1ccc(O)cc1CC[C@@H]1[C@H](O)CC[C@@]2(C)[C@H]1CC[C@@H]2[C@@](C)(O)CCCC(C)C. The summed E-state index contributed by atoms with van der Waals surface area (Å²) in [5.41, 5.74) is 1.88. The van der Waals surface area contributed by atoms with E-state index in [1.54, 1.807) is 6.07 Å². The maximum atomic E-state index is 11.5. The zero-order valence-corrected chi connectivity index (χ0v) is 19.8. The summed E-state index contributed by atoms with van der Waals surface area (Å²) in [6, 6.07) is 5.60. The molecule has 0 amide bonds. The third-order valence-electron chi connectivity index (χ3n) is 8.69. The summed E-state index contributed by atoms with van der Waals surface area (Å²) in [5.74, 6) is 2.08. The fourth-order valence-corrected chi connectivity index (χ4v) is 6.97. The van der Waals surface area contributed by atoms with Gasteiger partial charge in [0.2, 0.25) is 0 Å². The largest absolute Gasteiger partial charge is 0.508 e. The third kappa shape index (κ3) is 4.88. The molecule has 2 saturated carbocycles. The Balaban J connectivity index is 1.72. The average Bonchev–Trinajstić information content (AvgIpc) is 3.01. The van der Waals surface area contributed by atoms with Gasteiger partial charge in [0, 0.05) is 0 Å². The number of aliphatic hydroxyl groups is 2. The van der Waals surface area contributed by atoms with Crippen LogP contribution in [0.4, 0.5) is 0 Å². The van der Waals surface area contributed by atoms with Gasteiger partial charge in [0.25, 0.3) is 0 Å². The van der Waals surface area contributed by atoms with Crippen LogP contribution in [-0.4, -0.2) is 27.0 Å². The molecule has 3 rings (SSSR count). The second-order valence-electron chi connectivity index (χ2n) is 11.3. The Morgan fingerprint density at radius 1 is 1.20 bits per heavy atom. The van der Waals surface area contributed by atoms with Crippen LogP contribution < -0.4 is 0 Å². The summed E-state index contributed by atoms with van der Waals surface area (Å²) in [6.45, 7) is 11.1. The van der Waals surface area contributed by atoms with E-state index in [0.29, 0.717) is 23.5 Å². The molecule has 3 heteroatoms. The summed E-state index contributed by atoms with van der Waals surface area (Å²) < 4.78 is 0. The third-order valence-corrected chi connectivity index (χ3v) is 8.69. The molecule has 0 bridgehead atoms. The van der Waals surface area contributed by atoms with Crippen molar-refractivity contribution in [2.45, 2.75) is 104 Å². The van der Waals surface area contributed by atoms with Crippen molar-refractivity contribution in [1.29, 1.82) is 0 Å². The van der Waals surface area contributed by atoms with E-state index in [4.69, 9.17) is 0 Å². The topological polar surface area (TPSA) is 60.7 Å². The summed E-state index contributed by atoms with van der Waals surface area (Å²) in [7, 11) is 0. The molecule has 0 spiro atoms. The minimum atomic E-state index is -0.618. The van der Waals surface area contributed by atoms with Gasteiger partial charge in [0.05, 0.1) is 11.7 Å². The molecule has 6 atom stereocenters. The monoisotopic (exact) mass is 416 g/mol. The normalized spacial score (nSPS) is 33.5. The molecule has 2 aliphatic rings. The fourth-order valence-electron chi connectivity index (χ4n) is 6.97. The quantitative estimate of drug-likeness (QED) is 0.486.